The SMILES string of the molecule is CNC(=O)c1c(-c2ccc(F)cc2)oc2cc(N(C)S(C)=O)c(-c3ccc4nc(C)n([C@@H](COC)c5ccc(F)cc5)c(=O)c4c3)cc12.O. The quantitative estimate of drug-likeness (QED) is 0.211. The number of amides is 1. The van der Waals surface area contributed by atoms with Crippen LogP contribution in [-0.4, -0.2) is 59.2 Å². The Bertz CT molecular complexity index is 2270. The lowest BCUT2D eigenvalue weighted by atomic mass is 9.97. The first-order valence-corrected chi connectivity index (χ1v) is 16.5. The number of furan rings is 1. The van der Waals surface area contributed by atoms with E-state index < -0.39 is 34.6 Å². The van der Waals surface area contributed by atoms with Crippen LogP contribution in [0.25, 0.3) is 44.3 Å². The smallest absolute Gasteiger partial charge is 0.262 e. The van der Waals surface area contributed by atoms with Gasteiger partial charge < -0.3 is 19.9 Å². The molecule has 3 N–H and O–H groups in total. The summed E-state index contributed by atoms with van der Waals surface area (Å²) in [6, 6.07) is 19.7. The summed E-state index contributed by atoms with van der Waals surface area (Å²) < 4.78 is 55.1. The van der Waals surface area contributed by atoms with Gasteiger partial charge >= 0.3 is 0 Å². The second-order valence-electron chi connectivity index (χ2n) is 11.3. The first-order valence-electron chi connectivity index (χ1n) is 15.0. The van der Waals surface area contributed by atoms with Crippen LogP contribution in [0.5, 0.6) is 0 Å². The highest BCUT2D eigenvalue weighted by Gasteiger charge is 2.26. The van der Waals surface area contributed by atoms with E-state index in [4.69, 9.17) is 14.1 Å². The number of hydrogen-bond donors (Lipinski definition) is 1. The van der Waals surface area contributed by atoms with Crippen molar-refractivity contribution in [3.05, 3.63) is 118 Å². The number of ether oxygens (including phenoxy) is 1. The number of hydrogen-bond acceptors (Lipinski definition) is 6. The largest absolute Gasteiger partial charge is 0.455 e. The molecule has 0 radical (unpaired) electrons. The fraction of sp³-hybridized carbons (Fsp3) is 0.194. The minimum Gasteiger partial charge on any atom is -0.455 e. The van der Waals surface area contributed by atoms with Gasteiger partial charge in [-0.15, -0.1) is 0 Å². The van der Waals surface area contributed by atoms with E-state index in [9.17, 15) is 22.6 Å². The first kappa shape index (κ1) is 35.1. The topological polar surface area (TPSA) is 138 Å². The minimum absolute atomic E-state index is 0. The van der Waals surface area contributed by atoms with E-state index in [1.807, 2.05) is 6.07 Å². The van der Waals surface area contributed by atoms with Crippen molar-refractivity contribution in [2.24, 2.45) is 0 Å². The molecule has 6 aromatic rings. The van der Waals surface area contributed by atoms with E-state index in [1.165, 1.54) is 61.4 Å². The number of carbonyl (C=O) groups is 1. The Morgan fingerprint density at radius 3 is 2.24 bits per heavy atom. The molecule has 4 aromatic carbocycles. The fourth-order valence-corrected chi connectivity index (χ4v) is 6.35. The summed E-state index contributed by atoms with van der Waals surface area (Å²) in [7, 11) is 3.25. The molecule has 2 heterocycles. The Balaban J connectivity index is 0.00000468. The van der Waals surface area contributed by atoms with Crippen LogP contribution in [0.2, 0.25) is 0 Å². The van der Waals surface area contributed by atoms with E-state index in [0.717, 1.165) is 0 Å². The molecule has 1 amide bonds. The maximum atomic E-state index is 14.2. The lowest BCUT2D eigenvalue weighted by Gasteiger charge is -2.23. The number of methoxy groups -OCH3 is 1. The Morgan fingerprint density at radius 1 is 1.00 bits per heavy atom. The van der Waals surface area contributed by atoms with E-state index >= 15 is 0 Å². The van der Waals surface area contributed by atoms with Gasteiger partial charge in [0, 0.05) is 50.0 Å². The predicted octanol–water partition coefficient (Wildman–Crippen LogP) is 5.56. The number of nitrogens with zero attached hydrogens (tertiary/aromatic N) is 3. The molecule has 0 saturated heterocycles. The molecule has 0 aliphatic carbocycles. The van der Waals surface area contributed by atoms with Gasteiger partial charge in [0.05, 0.1) is 34.8 Å². The first-order chi connectivity index (χ1) is 23.0. The van der Waals surface area contributed by atoms with Crippen LogP contribution in [0.15, 0.2) is 88.1 Å². The zero-order valence-corrected chi connectivity index (χ0v) is 28.2. The van der Waals surface area contributed by atoms with Gasteiger partial charge in [-0.2, -0.15) is 0 Å². The average molecular weight is 689 g/mol. The zero-order valence-electron chi connectivity index (χ0n) is 27.3. The number of aromatic nitrogens is 2. The van der Waals surface area contributed by atoms with Crippen molar-refractivity contribution in [2.75, 3.05) is 38.4 Å². The molecule has 0 fully saturated rings. The van der Waals surface area contributed by atoms with Crippen molar-refractivity contribution in [2.45, 2.75) is 13.0 Å². The fourth-order valence-electron chi connectivity index (χ4n) is 5.92. The van der Waals surface area contributed by atoms with Crippen molar-refractivity contribution < 1.29 is 32.4 Å². The molecule has 1 unspecified atom stereocenters. The van der Waals surface area contributed by atoms with E-state index in [1.54, 1.807) is 54.7 Å². The second kappa shape index (κ2) is 14.1. The van der Waals surface area contributed by atoms with Crippen LogP contribution in [0.3, 0.4) is 0 Å². The standard InChI is InChI=1S/C36H32F2N4O5S.H2O/c1-20-40-29-15-10-23(16-27(29)36(44)42(20)31(19-46-4)21-6-11-24(37)12-7-21)26-17-28-32(18-30(26)41(3)48(5)45)47-34(33(28)35(43)39-2)22-8-13-25(38)14-9-22;/h6-18,31H,19H2,1-5H3,(H,39,43);1H2/t31-,48?;/m0./s1. The Labute approximate surface area is 282 Å². The van der Waals surface area contributed by atoms with Crippen molar-refractivity contribution in [1.82, 2.24) is 14.9 Å². The normalized spacial score (nSPS) is 12.5. The number of benzene rings is 4. The summed E-state index contributed by atoms with van der Waals surface area (Å²) in [6.45, 7) is 1.88. The molecule has 254 valence electrons. The summed E-state index contributed by atoms with van der Waals surface area (Å²) in [6.07, 6.45) is 1.53. The zero-order chi connectivity index (χ0) is 34.3. The van der Waals surface area contributed by atoms with Crippen molar-refractivity contribution in [3.8, 4) is 22.5 Å². The van der Waals surface area contributed by atoms with Crippen LogP contribution < -0.4 is 15.2 Å². The number of aryl methyl sites for hydroxylation is 1. The Hall–Kier alpha value is -5.24. The van der Waals surface area contributed by atoms with Crippen LogP contribution in [0, 0.1) is 18.6 Å². The molecule has 0 saturated carbocycles. The van der Waals surface area contributed by atoms with Crippen molar-refractivity contribution >= 4 is 44.5 Å². The number of rotatable bonds is 9. The molecule has 2 aromatic heterocycles. The molecule has 0 bridgehead atoms. The van der Waals surface area contributed by atoms with Gasteiger partial charge in [-0.25, -0.2) is 18.0 Å². The third-order valence-corrected chi connectivity index (χ3v) is 9.34. The van der Waals surface area contributed by atoms with E-state index in [-0.39, 0.29) is 29.0 Å². The van der Waals surface area contributed by atoms with Crippen molar-refractivity contribution in [3.63, 3.8) is 0 Å². The maximum Gasteiger partial charge on any atom is 0.262 e. The lowest BCUT2D eigenvalue weighted by molar-refractivity contribution is 0.0964. The van der Waals surface area contributed by atoms with Gasteiger partial charge in [-0.3, -0.25) is 18.5 Å². The molecular formula is C36H34F2N4O6S. The Kier molecular flexibility index (Phi) is 10.1. The van der Waals surface area contributed by atoms with Crippen LogP contribution in [-0.2, 0) is 15.7 Å². The van der Waals surface area contributed by atoms with Crippen LogP contribution >= 0.6 is 0 Å². The molecule has 2 atom stereocenters. The third-order valence-electron chi connectivity index (χ3n) is 8.37. The number of nitrogens with one attached hydrogen (secondary N) is 1. The molecule has 0 aliphatic rings. The molecule has 0 aliphatic heterocycles. The summed E-state index contributed by atoms with van der Waals surface area (Å²) in [5, 5.41) is 3.45. The summed E-state index contributed by atoms with van der Waals surface area (Å²) in [5.41, 5.74) is 3.63. The van der Waals surface area contributed by atoms with Gasteiger partial charge in [0.1, 0.15) is 39.8 Å². The van der Waals surface area contributed by atoms with Gasteiger partial charge in [0.25, 0.3) is 11.5 Å². The molecule has 6 rings (SSSR count). The van der Waals surface area contributed by atoms with Crippen molar-refractivity contribution in [1.29, 1.82) is 0 Å². The monoisotopic (exact) mass is 688 g/mol. The van der Waals surface area contributed by atoms with Gasteiger partial charge in [-0.1, -0.05) is 18.2 Å². The predicted molar refractivity (Wildman–Crippen MR) is 187 cm³/mol. The Morgan fingerprint density at radius 2 is 1.63 bits per heavy atom. The third kappa shape index (κ3) is 6.47. The number of fused-ring (bicyclic) bond motifs is 2. The second-order valence-corrected chi connectivity index (χ2v) is 12.7. The lowest BCUT2D eigenvalue weighted by Crippen LogP contribution is -2.31. The van der Waals surface area contributed by atoms with Gasteiger partial charge in [-0.05, 0) is 72.6 Å². The van der Waals surface area contributed by atoms with Crippen LogP contribution in [0.1, 0.15) is 27.8 Å². The van der Waals surface area contributed by atoms with Gasteiger partial charge in [0.15, 0.2) is 0 Å². The average Bonchev–Trinajstić information content (AvgIpc) is 3.45. The molecular weight excluding hydrogens is 654 g/mol. The maximum absolute atomic E-state index is 14.2. The van der Waals surface area contributed by atoms with Crippen LogP contribution in [0.4, 0.5) is 14.5 Å². The number of anilines is 1. The molecule has 0 spiro atoms. The van der Waals surface area contributed by atoms with E-state index in [2.05, 4.69) is 5.32 Å². The summed E-state index contributed by atoms with van der Waals surface area (Å²) in [5.74, 6) is -0.534. The number of carbonyl (C=O) groups excluding carboxylic acids is 1. The van der Waals surface area contributed by atoms with E-state index in [0.29, 0.717) is 55.6 Å². The summed E-state index contributed by atoms with van der Waals surface area (Å²) in [4.78, 5) is 32.2. The van der Waals surface area contributed by atoms with Gasteiger partial charge in [0.2, 0.25) is 0 Å². The molecule has 13 heteroatoms. The minimum atomic E-state index is -1.45. The summed E-state index contributed by atoms with van der Waals surface area (Å²) >= 11 is 0. The highest BCUT2D eigenvalue weighted by atomic mass is 32.2. The number of halogens is 2. The molecule has 49 heavy (non-hydrogen) atoms. The highest BCUT2D eigenvalue weighted by Crippen LogP contribution is 2.41. The molecule has 10 nitrogen and oxygen atoms in total. The highest BCUT2D eigenvalue weighted by molar-refractivity contribution is 7.85.